The van der Waals surface area contributed by atoms with Gasteiger partial charge in [-0.25, -0.2) is 13.2 Å². The fourth-order valence-electron chi connectivity index (χ4n) is 2.00. The number of hydrogen-bond donors (Lipinski definition) is 1. The third-order valence-electron chi connectivity index (χ3n) is 3.04. The van der Waals surface area contributed by atoms with E-state index < -0.39 is 17.5 Å². The maximum atomic E-state index is 13.8. The van der Waals surface area contributed by atoms with Gasteiger partial charge in [-0.15, -0.1) is 0 Å². The van der Waals surface area contributed by atoms with E-state index in [0.717, 1.165) is 5.56 Å². The lowest BCUT2D eigenvalue weighted by atomic mass is 10.0. The normalized spacial score (nSPS) is 11.2. The zero-order chi connectivity index (χ0) is 15.6. The molecule has 0 aromatic heterocycles. The molecular weight excluding hydrogens is 299 g/mol. The summed E-state index contributed by atoms with van der Waals surface area (Å²) < 4.78 is 40.6. The lowest BCUT2D eigenvalue weighted by molar-refractivity contribution is 0.548. The average molecular weight is 314 g/mol. The van der Waals surface area contributed by atoms with Crippen molar-refractivity contribution in [2.75, 3.05) is 0 Å². The Morgan fingerprint density at radius 3 is 2.24 bits per heavy atom. The van der Waals surface area contributed by atoms with E-state index in [1.54, 1.807) is 12.1 Å². The topological polar surface area (TPSA) is 12.0 Å². The van der Waals surface area contributed by atoms with Gasteiger partial charge in [0.15, 0.2) is 0 Å². The summed E-state index contributed by atoms with van der Waals surface area (Å²) in [5.41, 5.74) is 0.805. The maximum Gasteiger partial charge on any atom is 0.136 e. The van der Waals surface area contributed by atoms with Crippen molar-refractivity contribution in [2.24, 2.45) is 0 Å². The molecule has 0 saturated heterocycles. The minimum Gasteiger partial charge on any atom is -0.310 e. The van der Waals surface area contributed by atoms with Gasteiger partial charge in [0, 0.05) is 29.7 Å². The number of benzene rings is 2. The second kappa shape index (κ2) is 6.50. The van der Waals surface area contributed by atoms with Crippen LogP contribution in [0.5, 0.6) is 0 Å². The van der Waals surface area contributed by atoms with Crippen LogP contribution in [0.15, 0.2) is 30.3 Å². The molecule has 2 aromatic rings. The van der Waals surface area contributed by atoms with E-state index in [1.165, 1.54) is 6.07 Å². The van der Waals surface area contributed by atoms with Crippen molar-refractivity contribution in [2.45, 2.75) is 26.4 Å². The Morgan fingerprint density at radius 1 is 1.05 bits per heavy atom. The van der Waals surface area contributed by atoms with Crippen molar-refractivity contribution in [3.63, 3.8) is 0 Å². The van der Waals surface area contributed by atoms with Crippen molar-refractivity contribution >= 4 is 11.6 Å². The molecule has 5 heteroatoms. The monoisotopic (exact) mass is 313 g/mol. The molecule has 0 aliphatic carbocycles. The summed E-state index contributed by atoms with van der Waals surface area (Å²) in [6, 6.07) is 6.29. The highest BCUT2D eigenvalue weighted by atomic mass is 35.5. The molecule has 0 atom stereocenters. The van der Waals surface area contributed by atoms with Gasteiger partial charge in [-0.2, -0.15) is 0 Å². The first-order valence-corrected chi connectivity index (χ1v) is 6.93. The van der Waals surface area contributed by atoms with Gasteiger partial charge in [0.1, 0.15) is 17.5 Å². The van der Waals surface area contributed by atoms with Crippen molar-refractivity contribution in [1.29, 1.82) is 0 Å². The Hall–Kier alpha value is -1.52. The molecule has 112 valence electrons. The maximum absolute atomic E-state index is 13.8. The summed E-state index contributed by atoms with van der Waals surface area (Å²) in [5, 5.41) is 3.70. The van der Waals surface area contributed by atoms with Crippen molar-refractivity contribution in [3.8, 4) is 11.1 Å². The van der Waals surface area contributed by atoms with Crippen LogP contribution in [0.2, 0.25) is 5.02 Å². The molecule has 0 amide bonds. The van der Waals surface area contributed by atoms with Crippen LogP contribution in [-0.4, -0.2) is 6.04 Å². The van der Waals surface area contributed by atoms with Crippen LogP contribution < -0.4 is 5.32 Å². The second-order valence-corrected chi connectivity index (χ2v) is 5.49. The summed E-state index contributed by atoms with van der Waals surface area (Å²) in [6.07, 6.45) is 0. The Morgan fingerprint density at radius 2 is 1.67 bits per heavy atom. The fourth-order valence-corrected chi connectivity index (χ4v) is 2.18. The van der Waals surface area contributed by atoms with Crippen LogP contribution in [-0.2, 0) is 6.54 Å². The molecule has 1 nitrogen and oxygen atoms in total. The van der Waals surface area contributed by atoms with Gasteiger partial charge in [-0.3, -0.25) is 0 Å². The molecule has 21 heavy (non-hydrogen) atoms. The van der Waals surface area contributed by atoms with Gasteiger partial charge >= 0.3 is 0 Å². The third-order valence-corrected chi connectivity index (χ3v) is 3.41. The number of halogens is 4. The number of rotatable bonds is 4. The van der Waals surface area contributed by atoms with Gasteiger partial charge in [0.25, 0.3) is 0 Å². The lowest BCUT2D eigenvalue weighted by Crippen LogP contribution is -2.22. The molecule has 0 saturated carbocycles. The highest BCUT2D eigenvalue weighted by Crippen LogP contribution is 2.30. The molecule has 0 fully saturated rings. The van der Waals surface area contributed by atoms with Crippen LogP contribution in [0.25, 0.3) is 11.1 Å². The van der Waals surface area contributed by atoms with Crippen LogP contribution in [0.3, 0.4) is 0 Å². The molecule has 0 spiro atoms. The standard InChI is InChI=1S/C16H15ClF3N/c1-9(2)21-8-11-5-10(3-4-13(11)17)16-14(19)6-12(18)7-15(16)20/h3-7,9,21H,8H2,1-2H3. The summed E-state index contributed by atoms with van der Waals surface area (Å²) in [7, 11) is 0. The predicted octanol–water partition coefficient (Wildman–Crippen LogP) is 4.92. The quantitative estimate of drug-likeness (QED) is 0.844. The molecular formula is C16H15ClF3N. The molecule has 0 aliphatic rings. The minimum atomic E-state index is -0.940. The van der Waals surface area contributed by atoms with Gasteiger partial charge in [-0.05, 0) is 23.3 Å². The molecule has 0 bridgehead atoms. The van der Waals surface area contributed by atoms with Crippen molar-refractivity contribution in [1.82, 2.24) is 5.32 Å². The summed E-state index contributed by atoms with van der Waals surface area (Å²) in [6.45, 7) is 4.45. The largest absolute Gasteiger partial charge is 0.310 e. The van der Waals surface area contributed by atoms with Gasteiger partial charge < -0.3 is 5.32 Å². The van der Waals surface area contributed by atoms with Crippen molar-refractivity contribution in [3.05, 3.63) is 58.4 Å². The van der Waals surface area contributed by atoms with Crippen LogP contribution in [0.1, 0.15) is 19.4 Å². The van der Waals surface area contributed by atoms with E-state index in [2.05, 4.69) is 5.32 Å². The molecule has 2 aromatic carbocycles. The molecule has 0 radical (unpaired) electrons. The van der Waals surface area contributed by atoms with Gasteiger partial charge in [0.2, 0.25) is 0 Å². The predicted molar refractivity (Wildman–Crippen MR) is 78.7 cm³/mol. The molecule has 1 N–H and O–H groups in total. The summed E-state index contributed by atoms with van der Waals surface area (Å²) in [5.74, 6) is -2.81. The summed E-state index contributed by atoms with van der Waals surface area (Å²) in [4.78, 5) is 0. The van der Waals surface area contributed by atoms with Gasteiger partial charge in [0.05, 0.1) is 5.56 Å². The Balaban J connectivity index is 2.44. The number of hydrogen-bond acceptors (Lipinski definition) is 1. The zero-order valence-electron chi connectivity index (χ0n) is 11.7. The molecule has 0 heterocycles. The van der Waals surface area contributed by atoms with Crippen LogP contribution >= 0.6 is 11.6 Å². The SMILES string of the molecule is CC(C)NCc1cc(-c2c(F)cc(F)cc2F)ccc1Cl. The molecule has 0 unspecified atom stereocenters. The van der Waals surface area contributed by atoms with E-state index >= 15 is 0 Å². The molecule has 2 rings (SSSR count). The second-order valence-electron chi connectivity index (χ2n) is 5.09. The Labute approximate surface area is 126 Å². The highest BCUT2D eigenvalue weighted by molar-refractivity contribution is 6.31. The van der Waals surface area contributed by atoms with Crippen LogP contribution in [0, 0.1) is 17.5 Å². The fraction of sp³-hybridized carbons (Fsp3) is 0.250. The Bertz CT molecular complexity index is 633. The zero-order valence-corrected chi connectivity index (χ0v) is 12.4. The van der Waals surface area contributed by atoms with Crippen molar-refractivity contribution < 1.29 is 13.2 Å². The average Bonchev–Trinajstić information content (AvgIpc) is 2.37. The van der Waals surface area contributed by atoms with E-state index in [4.69, 9.17) is 11.6 Å². The van der Waals surface area contributed by atoms with Gasteiger partial charge in [-0.1, -0.05) is 31.5 Å². The van der Waals surface area contributed by atoms with E-state index in [-0.39, 0.29) is 11.6 Å². The Kier molecular flexibility index (Phi) is 4.91. The number of nitrogens with one attached hydrogen (secondary N) is 1. The summed E-state index contributed by atoms with van der Waals surface area (Å²) >= 11 is 6.08. The third kappa shape index (κ3) is 3.77. The highest BCUT2D eigenvalue weighted by Gasteiger charge is 2.15. The first-order chi connectivity index (χ1) is 9.88. The first kappa shape index (κ1) is 15.9. The van der Waals surface area contributed by atoms with Crippen LogP contribution in [0.4, 0.5) is 13.2 Å². The van der Waals surface area contributed by atoms with E-state index in [1.807, 2.05) is 13.8 Å². The minimum absolute atomic E-state index is 0.251. The van der Waals surface area contributed by atoms with E-state index in [9.17, 15) is 13.2 Å². The lowest BCUT2D eigenvalue weighted by Gasteiger charge is -2.12. The first-order valence-electron chi connectivity index (χ1n) is 6.55. The molecule has 0 aliphatic heterocycles. The van der Waals surface area contributed by atoms with E-state index in [0.29, 0.717) is 29.3 Å². The smallest absolute Gasteiger partial charge is 0.136 e.